The van der Waals surface area contributed by atoms with Crippen LogP contribution in [0, 0.1) is 0 Å². The van der Waals surface area contributed by atoms with Crippen LogP contribution in [0.5, 0.6) is 5.75 Å². The third-order valence-corrected chi connectivity index (χ3v) is 3.82. The molecule has 21 heavy (non-hydrogen) atoms. The zero-order valence-electron chi connectivity index (χ0n) is 12.9. The fourth-order valence-corrected chi connectivity index (χ4v) is 2.74. The van der Waals surface area contributed by atoms with Crippen LogP contribution in [0.4, 0.5) is 0 Å². The Morgan fingerprint density at radius 2 is 2.00 bits per heavy atom. The highest BCUT2D eigenvalue weighted by Gasteiger charge is 2.25. The van der Waals surface area contributed by atoms with Crippen molar-refractivity contribution in [3.63, 3.8) is 0 Å². The van der Waals surface area contributed by atoms with Crippen molar-refractivity contribution in [2.45, 2.75) is 44.1 Å². The van der Waals surface area contributed by atoms with Crippen molar-refractivity contribution in [3.8, 4) is 5.75 Å². The zero-order valence-corrected chi connectivity index (χ0v) is 13.7. The van der Waals surface area contributed by atoms with E-state index in [0.29, 0.717) is 17.9 Å². The van der Waals surface area contributed by atoms with E-state index in [1.165, 1.54) is 12.3 Å². The summed E-state index contributed by atoms with van der Waals surface area (Å²) in [5.41, 5.74) is 0.0970. The molecule has 7 heteroatoms. The minimum Gasteiger partial charge on any atom is -0.488 e. The lowest BCUT2D eigenvalue weighted by Crippen LogP contribution is -2.20. The number of hydrogen-bond acceptors (Lipinski definition) is 6. The van der Waals surface area contributed by atoms with E-state index >= 15 is 0 Å². The minimum absolute atomic E-state index is 0.123. The summed E-state index contributed by atoms with van der Waals surface area (Å²) in [6.07, 6.45) is 2.19. The highest BCUT2D eigenvalue weighted by atomic mass is 32.2. The second kappa shape index (κ2) is 6.43. The van der Waals surface area contributed by atoms with Gasteiger partial charge in [-0.15, -0.1) is 0 Å². The van der Waals surface area contributed by atoms with Gasteiger partial charge >= 0.3 is 0 Å². The van der Waals surface area contributed by atoms with E-state index in [0.717, 1.165) is 6.26 Å². The predicted molar refractivity (Wildman–Crippen MR) is 78.2 cm³/mol. The van der Waals surface area contributed by atoms with Crippen molar-refractivity contribution in [1.82, 2.24) is 4.98 Å². The Morgan fingerprint density at radius 1 is 1.38 bits per heavy atom. The lowest BCUT2D eigenvalue weighted by molar-refractivity contribution is -0.134. The second-order valence-corrected chi connectivity index (χ2v) is 7.88. The Labute approximate surface area is 125 Å². The van der Waals surface area contributed by atoms with Gasteiger partial charge in [0, 0.05) is 17.7 Å². The van der Waals surface area contributed by atoms with Gasteiger partial charge in [-0.3, -0.25) is 9.78 Å². The van der Waals surface area contributed by atoms with Crippen LogP contribution in [0.3, 0.4) is 0 Å². The maximum atomic E-state index is 11.9. The molecular weight excluding hydrogens is 294 g/mol. The molecule has 0 aliphatic heterocycles. The Morgan fingerprint density at radius 3 is 2.48 bits per heavy atom. The molecule has 1 heterocycles. The Hall–Kier alpha value is -1.63. The molecule has 0 saturated heterocycles. The molecule has 1 aromatic heterocycles. The molecule has 0 unspecified atom stereocenters. The SMILES string of the molecule is C[C@@H](COc1cnc(C(C)(C)C)c(S(C)(=O)=O)c1)OC=O. The van der Waals surface area contributed by atoms with E-state index in [4.69, 9.17) is 9.47 Å². The van der Waals surface area contributed by atoms with Gasteiger partial charge in [-0.2, -0.15) is 0 Å². The van der Waals surface area contributed by atoms with Gasteiger partial charge < -0.3 is 9.47 Å². The summed E-state index contributed by atoms with van der Waals surface area (Å²) in [6, 6.07) is 1.45. The summed E-state index contributed by atoms with van der Waals surface area (Å²) >= 11 is 0. The lowest BCUT2D eigenvalue weighted by Gasteiger charge is -2.21. The van der Waals surface area contributed by atoms with Crippen LogP contribution in [0.2, 0.25) is 0 Å². The number of sulfone groups is 1. The number of aromatic nitrogens is 1. The molecule has 1 rings (SSSR count). The molecule has 1 aromatic rings. The molecule has 0 aliphatic rings. The van der Waals surface area contributed by atoms with Crippen LogP contribution in [0.1, 0.15) is 33.4 Å². The standard InChI is InChI=1S/C14H21NO5S/c1-10(20-9-16)8-19-11-6-12(21(5,17)18)13(15-7-11)14(2,3)4/h6-7,9-10H,8H2,1-5H3/t10-/m0/s1. The van der Waals surface area contributed by atoms with E-state index < -0.39 is 21.4 Å². The predicted octanol–water partition coefficient (Wildman–Crippen LogP) is 1.72. The Balaban J connectivity index is 3.09. The molecular formula is C14H21NO5S. The average molecular weight is 315 g/mol. The van der Waals surface area contributed by atoms with Crippen LogP contribution in [0.25, 0.3) is 0 Å². The van der Waals surface area contributed by atoms with Crippen LogP contribution < -0.4 is 4.74 Å². The third-order valence-electron chi connectivity index (χ3n) is 2.71. The van der Waals surface area contributed by atoms with Crippen LogP contribution in [-0.4, -0.2) is 38.8 Å². The Kier molecular flexibility index (Phi) is 5.33. The molecule has 0 N–H and O–H groups in total. The molecule has 0 saturated carbocycles. The first kappa shape index (κ1) is 17.4. The van der Waals surface area contributed by atoms with E-state index in [-0.39, 0.29) is 11.5 Å². The number of ether oxygens (including phenoxy) is 2. The maximum absolute atomic E-state index is 11.9. The van der Waals surface area contributed by atoms with Crippen molar-refractivity contribution >= 4 is 16.3 Å². The van der Waals surface area contributed by atoms with Gasteiger partial charge in [-0.25, -0.2) is 8.42 Å². The van der Waals surface area contributed by atoms with Crippen molar-refractivity contribution in [3.05, 3.63) is 18.0 Å². The number of carbonyl (C=O) groups excluding carboxylic acids is 1. The van der Waals surface area contributed by atoms with Crippen molar-refractivity contribution in [2.24, 2.45) is 0 Å². The van der Waals surface area contributed by atoms with E-state index in [9.17, 15) is 13.2 Å². The smallest absolute Gasteiger partial charge is 0.293 e. The molecule has 0 amide bonds. The van der Waals surface area contributed by atoms with Crippen molar-refractivity contribution in [1.29, 1.82) is 0 Å². The van der Waals surface area contributed by atoms with Crippen molar-refractivity contribution in [2.75, 3.05) is 12.9 Å². The highest BCUT2D eigenvalue weighted by Crippen LogP contribution is 2.29. The maximum Gasteiger partial charge on any atom is 0.293 e. The Bertz CT molecular complexity index is 604. The molecule has 118 valence electrons. The number of rotatable bonds is 6. The fraction of sp³-hybridized carbons (Fsp3) is 0.571. The summed E-state index contributed by atoms with van der Waals surface area (Å²) in [6.45, 7) is 7.82. The second-order valence-electron chi connectivity index (χ2n) is 5.89. The van der Waals surface area contributed by atoms with E-state index in [2.05, 4.69) is 4.98 Å². The van der Waals surface area contributed by atoms with Crippen LogP contribution >= 0.6 is 0 Å². The summed E-state index contributed by atoms with van der Waals surface area (Å²) in [7, 11) is -3.42. The first-order valence-corrected chi connectivity index (χ1v) is 8.37. The molecule has 0 spiro atoms. The van der Waals surface area contributed by atoms with Crippen LogP contribution in [0.15, 0.2) is 17.2 Å². The van der Waals surface area contributed by atoms with Gasteiger partial charge in [0.1, 0.15) is 18.5 Å². The van der Waals surface area contributed by atoms with Gasteiger partial charge in [0.15, 0.2) is 9.84 Å². The molecule has 0 radical (unpaired) electrons. The molecule has 0 bridgehead atoms. The van der Waals surface area contributed by atoms with E-state index in [1.807, 2.05) is 20.8 Å². The first-order chi connectivity index (χ1) is 9.55. The van der Waals surface area contributed by atoms with Gasteiger partial charge in [0.05, 0.1) is 16.8 Å². The molecule has 0 aromatic carbocycles. The summed E-state index contributed by atoms with van der Waals surface area (Å²) in [5.74, 6) is 0.324. The number of pyridine rings is 1. The van der Waals surface area contributed by atoms with Gasteiger partial charge in [0.2, 0.25) is 0 Å². The highest BCUT2D eigenvalue weighted by molar-refractivity contribution is 7.90. The van der Waals surface area contributed by atoms with Crippen molar-refractivity contribution < 1.29 is 22.7 Å². The van der Waals surface area contributed by atoms with E-state index in [1.54, 1.807) is 6.92 Å². The fourth-order valence-electron chi connectivity index (χ4n) is 1.70. The third kappa shape index (κ3) is 5.00. The molecule has 1 atom stereocenters. The minimum atomic E-state index is -3.42. The quantitative estimate of drug-likeness (QED) is 0.743. The summed E-state index contributed by atoms with van der Waals surface area (Å²) < 4.78 is 34.0. The number of nitrogens with zero attached hydrogens (tertiary/aromatic N) is 1. The largest absolute Gasteiger partial charge is 0.488 e. The normalized spacial score (nSPS) is 13.6. The molecule has 0 fully saturated rings. The topological polar surface area (TPSA) is 82.6 Å². The van der Waals surface area contributed by atoms with Gasteiger partial charge in [-0.05, 0) is 6.92 Å². The summed E-state index contributed by atoms with van der Waals surface area (Å²) in [5, 5.41) is 0. The average Bonchev–Trinajstić information content (AvgIpc) is 2.34. The van der Waals surface area contributed by atoms with Gasteiger partial charge in [-0.1, -0.05) is 20.8 Å². The number of carbonyl (C=O) groups is 1. The molecule has 6 nitrogen and oxygen atoms in total. The monoisotopic (exact) mass is 315 g/mol. The first-order valence-electron chi connectivity index (χ1n) is 6.48. The van der Waals surface area contributed by atoms with Gasteiger partial charge in [0.25, 0.3) is 6.47 Å². The zero-order chi connectivity index (χ0) is 16.3. The van der Waals surface area contributed by atoms with Crippen LogP contribution in [-0.2, 0) is 24.8 Å². The lowest BCUT2D eigenvalue weighted by atomic mass is 9.91. The molecule has 0 aliphatic carbocycles. The number of hydrogen-bond donors (Lipinski definition) is 0. The summed E-state index contributed by atoms with van der Waals surface area (Å²) in [4.78, 5) is 14.6.